The summed E-state index contributed by atoms with van der Waals surface area (Å²) in [4.78, 5) is 11.4. The van der Waals surface area contributed by atoms with Crippen molar-refractivity contribution in [3.8, 4) is 6.07 Å². The second kappa shape index (κ2) is 6.62. The van der Waals surface area contributed by atoms with E-state index in [9.17, 15) is 4.79 Å². The van der Waals surface area contributed by atoms with Crippen LogP contribution >= 0.6 is 0 Å². The van der Waals surface area contributed by atoms with Crippen LogP contribution in [0, 0.1) is 11.3 Å². The molecule has 1 aromatic rings. The number of carbonyl (C=O) groups excluding carboxylic acids is 1. The van der Waals surface area contributed by atoms with E-state index < -0.39 is 11.7 Å². The Balaban J connectivity index is 2.57. The molecule has 0 saturated heterocycles. The monoisotopic (exact) mass is 273 g/mol. The lowest BCUT2D eigenvalue weighted by molar-refractivity contribution is 0.0534. The van der Waals surface area contributed by atoms with Crippen molar-refractivity contribution in [1.29, 1.82) is 5.26 Å². The highest BCUT2D eigenvalue weighted by atomic mass is 16.6. The van der Waals surface area contributed by atoms with Crippen molar-refractivity contribution in [2.75, 3.05) is 12.3 Å². The van der Waals surface area contributed by atoms with Crippen LogP contribution in [-0.4, -0.2) is 18.2 Å². The van der Waals surface area contributed by atoms with E-state index in [1.165, 1.54) is 0 Å². The van der Waals surface area contributed by atoms with Gasteiger partial charge in [-0.3, -0.25) is 0 Å². The number of nitrogens with two attached hydrogens (primary N) is 1. The molecular weight excluding hydrogens is 254 g/mol. The van der Waals surface area contributed by atoms with Gasteiger partial charge >= 0.3 is 6.09 Å². The number of nitrogens with one attached hydrogen (secondary N) is 1. The van der Waals surface area contributed by atoms with Gasteiger partial charge in [-0.15, -0.1) is 0 Å². The lowest BCUT2D eigenvalue weighted by Crippen LogP contribution is -2.32. The Morgan fingerprint density at radius 3 is 2.80 bits per heavy atom. The molecule has 0 atom stereocenters. The largest absolute Gasteiger partial charge is 0.444 e. The molecule has 3 N–H and O–H groups in total. The minimum Gasteiger partial charge on any atom is -0.444 e. The molecule has 5 heteroatoms. The van der Waals surface area contributed by atoms with Gasteiger partial charge in [0.15, 0.2) is 0 Å². The average molecular weight is 273 g/mol. The smallest absolute Gasteiger partial charge is 0.407 e. The summed E-state index contributed by atoms with van der Waals surface area (Å²) in [5, 5.41) is 11.6. The normalized spacial score (nSPS) is 11.1. The molecule has 0 aliphatic rings. The molecule has 0 bridgehead atoms. The molecule has 0 spiro atoms. The average Bonchev–Trinajstić information content (AvgIpc) is 2.32. The zero-order valence-corrected chi connectivity index (χ0v) is 11.9. The first-order chi connectivity index (χ1) is 9.33. The number of ether oxygens (including phenoxy) is 1. The van der Waals surface area contributed by atoms with Gasteiger partial charge in [0.2, 0.25) is 0 Å². The van der Waals surface area contributed by atoms with Crippen LogP contribution < -0.4 is 11.1 Å². The summed E-state index contributed by atoms with van der Waals surface area (Å²) in [6, 6.07) is 7.30. The van der Waals surface area contributed by atoms with Crippen molar-refractivity contribution < 1.29 is 9.53 Å². The van der Waals surface area contributed by atoms with Crippen molar-refractivity contribution in [3.05, 3.63) is 35.4 Å². The molecule has 0 heterocycles. The zero-order chi connectivity index (χ0) is 15.2. The first-order valence-corrected chi connectivity index (χ1v) is 6.25. The Bertz CT molecular complexity index is 551. The molecule has 0 unspecified atom stereocenters. The molecule has 0 radical (unpaired) electrons. The number of nitrogen functional groups attached to an aromatic ring is 1. The molecule has 1 rings (SSSR count). The molecule has 0 aliphatic heterocycles. The summed E-state index contributed by atoms with van der Waals surface area (Å²) < 4.78 is 5.10. The highest BCUT2D eigenvalue weighted by Crippen LogP contribution is 2.16. The molecule has 0 fully saturated rings. The van der Waals surface area contributed by atoms with Crippen LogP contribution in [0.4, 0.5) is 10.5 Å². The fourth-order valence-corrected chi connectivity index (χ4v) is 1.50. The number of carbonyl (C=O) groups is 1. The number of nitrogens with zero attached hydrogens (tertiary/aromatic N) is 1. The van der Waals surface area contributed by atoms with E-state index in [2.05, 4.69) is 11.4 Å². The van der Waals surface area contributed by atoms with Crippen molar-refractivity contribution in [2.45, 2.75) is 26.4 Å². The quantitative estimate of drug-likeness (QED) is 0.829. The molecular formula is C15H19N3O2. The maximum atomic E-state index is 11.4. The fourth-order valence-electron chi connectivity index (χ4n) is 1.50. The number of benzene rings is 1. The second-order valence-electron chi connectivity index (χ2n) is 5.21. The number of hydrogen-bond donors (Lipinski definition) is 2. The maximum Gasteiger partial charge on any atom is 0.407 e. The fraction of sp³-hybridized carbons (Fsp3) is 0.333. The van der Waals surface area contributed by atoms with E-state index in [4.69, 9.17) is 15.7 Å². The number of alkyl carbamates (subject to hydrolysis) is 1. The molecule has 5 nitrogen and oxygen atoms in total. The lowest BCUT2D eigenvalue weighted by Gasteiger charge is -2.19. The lowest BCUT2D eigenvalue weighted by atomic mass is 10.1. The van der Waals surface area contributed by atoms with Crippen LogP contribution in [0.25, 0.3) is 6.08 Å². The number of amides is 1. The number of nitriles is 1. The topological polar surface area (TPSA) is 88.1 Å². The van der Waals surface area contributed by atoms with Gasteiger partial charge in [-0.2, -0.15) is 5.26 Å². The summed E-state index contributed by atoms with van der Waals surface area (Å²) in [5.41, 5.74) is 6.78. The summed E-state index contributed by atoms with van der Waals surface area (Å²) in [7, 11) is 0. The van der Waals surface area contributed by atoms with Gasteiger partial charge in [0.05, 0.1) is 11.3 Å². The van der Waals surface area contributed by atoms with E-state index in [0.29, 0.717) is 17.8 Å². The number of anilines is 1. The van der Waals surface area contributed by atoms with Crippen LogP contribution in [-0.2, 0) is 4.74 Å². The molecule has 1 aromatic carbocycles. The van der Waals surface area contributed by atoms with Gasteiger partial charge in [-0.25, -0.2) is 4.79 Å². The molecule has 20 heavy (non-hydrogen) atoms. The number of hydrogen-bond acceptors (Lipinski definition) is 4. The Hall–Kier alpha value is -2.48. The molecule has 0 aromatic heterocycles. The number of rotatable bonds is 3. The Morgan fingerprint density at radius 2 is 2.20 bits per heavy atom. The minimum absolute atomic E-state index is 0.314. The Kier molecular flexibility index (Phi) is 5.15. The van der Waals surface area contributed by atoms with Crippen LogP contribution in [0.1, 0.15) is 31.9 Å². The predicted octanol–water partition coefficient (Wildman–Crippen LogP) is 2.68. The van der Waals surface area contributed by atoms with Gasteiger partial charge < -0.3 is 15.8 Å². The zero-order valence-electron chi connectivity index (χ0n) is 11.9. The summed E-state index contributed by atoms with van der Waals surface area (Å²) in [5.74, 6) is 0. The Morgan fingerprint density at radius 1 is 1.50 bits per heavy atom. The summed E-state index contributed by atoms with van der Waals surface area (Å²) in [6.45, 7) is 5.71. The van der Waals surface area contributed by atoms with Gasteiger partial charge in [-0.05, 0) is 32.4 Å². The van der Waals surface area contributed by atoms with Gasteiger partial charge in [0.1, 0.15) is 11.7 Å². The van der Waals surface area contributed by atoms with Crippen LogP contribution in [0.3, 0.4) is 0 Å². The van der Waals surface area contributed by atoms with Gasteiger partial charge in [-0.1, -0.05) is 24.3 Å². The van der Waals surface area contributed by atoms with E-state index >= 15 is 0 Å². The van der Waals surface area contributed by atoms with Crippen molar-refractivity contribution >= 4 is 17.9 Å². The molecule has 0 saturated carbocycles. The third kappa shape index (κ3) is 5.02. The van der Waals surface area contributed by atoms with Gasteiger partial charge in [0.25, 0.3) is 0 Å². The maximum absolute atomic E-state index is 11.4. The summed E-state index contributed by atoms with van der Waals surface area (Å²) >= 11 is 0. The third-order valence-electron chi connectivity index (χ3n) is 2.30. The van der Waals surface area contributed by atoms with Gasteiger partial charge in [0, 0.05) is 6.54 Å². The second-order valence-corrected chi connectivity index (χ2v) is 5.21. The standard InChI is InChI=1S/C15H19N3O2/c1-15(2,3)20-14(19)18-9-5-7-11-6-4-8-13(17)12(11)10-16/h4-8H,9,17H2,1-3H3,(H,18,19). The first-order valence-electron chi connectivity index (χ1n) is 6.25. The molecule has 0 aliphatic carbocycles. The van der Waals surface area contributed by atoms with Crippen molar-refractivity contribution in [1.82, 2.24) is 5.32 Å². The highest BCUT2D eigenvalue weighted by molar-refractivity contribution is 5.69. The van der Waals surface area contributed by atoms with E-state index in [1.54, 1.807) is 51.1 Å². The minimum atomic E-state index is -0.518. The van der Waals surface area contributed by atoms with Crippen LogP contribution in [0.5, 0.6) is 0 Å². The van der Waals surface area contributed by atoms with Crippen LogP contribution in [0.15, 0.2) is 24.3 Å². The van der Waals surface area contributed by atoms with E-state index in [0.717, 1.165) is 5.56 Å². The molecule has 106 valence electrons. The molecule has 1 amide bonds. The summed E-state index contributed by atoms with van der Waals surface area (Å²) in [6.07, 6.45) is 3.00. The third-order valence-corrected chi connectivity index (χ3v) is 2.30. The van der Waals surface area contributed by atoms with E-state index in [1.807, 2.05) is 0 Å². The predicted molar refractivity (Wildman–Crippen MR) is 78.8 cm³/mol. The van der Waals surface area contributed by atoms with Crippen molar-refractivity contribution in [3.63, 3.8) is 0 Å². The van der Waals surface area contributed by atoms with Crippen molar-refractivity contribution in [2.24, 2.45) is 0 Å². The highest BCUT2D eigenvalue weighted by Gasteiger charge is 2.14. The Labute approximate surface area is 119 Å². The van der Waals surface area contributed by atoms with E-state index in [-0.39, 0.29) is 0 Å². The SMILES string of the molecule is CC(C)(C)OC(=O)NCC=Cc1cccc(N)c1C#N. The van der Waals surface area contributed by atoms with Crippen LogP contribution in [0.2, 0.25) is 0 Å². The first kappa shape index (κ1) is 15.6.